The minimum Gasteiger partial charge on any atom is -0.383 e. The Morgan fingerprint density at radius 1 is 1.50 bits per heavy atom. The van der Waals surface area contributed by atoms with Crippen LogP contribution in [0.1, 0.15) is 25.3 Å². The summed E-state index contributed by atoms with van der Waals surface area (Å²) in [5.74, 6) is 0. The van der Waals surface area contributed by atoms with E-state index in [1.54, 1.807) is 7.11 Å². The Balaban J connectivity index is 2.08. The van der Waals surface area contributed by atoms with Gasteiger partial charge in [0.05, 0.1) is 6.61 Å². The molecule has 0 aromatic heterocycles. The summed E-state index contributed by atoms with van der Waals surface area (Å²) < 4.78 is 5.15. The van der Waals surface area contributed by atoms with Gasteiger partial charge in [0.25, 0.3) is 0 Å². The number of methoxy groups -OCH3 is 1. The molecular weight excluding hydrogens is 222 g/mol. The maximum atomic E-state index is 6.02. The van der Waals surface area contributed by atoms with Gasteiger partial charge in [0.2, 0.25) is 0 Å². The molecule has 2 nitrogen and oxygen atoms in total. The van der Waals surface area contributed by atoms with Crippen molar-refractivity contribution in [1.29, 1.82) is 0 Å². The first-order chi connectivity index (χ1) is 7.66. The first-order valence-corrected chi connectivity index (χ1v) is 6.07. The van der Waals surface area contributed by atoms with Gasteiger partial charge in [-0.2, -0.15) is 0 Å². The third kappa shape index (κ3) is 2.57. The summed E-state index contributed by atoms with van der Waals surface area (Å²) in [6.45, 7) is 2.89. The van der Waals surface area contributed by atoms with Gasteiger partial charge in [0.15, 0.2) is 0 Å². The van der Waals surface area contributed by atoms with Crippen LogP contribution in [0.15, 0.2) is 24.3 Å². The van der Waals surface area contributed by atoms with Gasteiger partial charge in [-0.3, -0.25) is 0 Å². The molecule has 3 heteroatoms. The SMILES string of the molecule is COCC(C)NC1(c2cccc(Cl)c2)CC1. The Morgan fingerprint density at radius 3 is 2.81 bits per heavy atom. The maximum Gasteiger partial charge on any atom is 0.0613 e. The second kappa shape index (κ2) is 4.74. The van der Waals surface area contributed by atoms with Crippen molar-refractivity contribution < 1.29 is 4.74 Å². The first kappa shape index (κ1) is 11.9. The van der Waals surface area contributed by atoms with E-state index in [-0.39, 0.29) is 5.54 Å². The molecule has 1 aromatic carbocycles. The fourth-order valence-electron chi connectivity index (χ4n) is 2.19. The van der Waals surface area contributed by atoms with Crippen molar-refractivity contribution in [2.75, 3.05) is 13.7 Å². The summed E-state index contributed by atoms with van der Waals surface area (Å²) in [4.78, 5) is 0. The smallest absolute Gasteiger partial charge is 0.0613 e. The average molecular weight is 240 g/mol. The van der Waals surface area contributed by atoms with E-state index in [1.807, 2.05) is 12.1 Å². The van der Waals surface area contributed by atoms with Crippen LogP contribution in [-0.4, -0.2) is 19.8 Å². The first-order valence-electron chi connectivity index (χ1n) is 5.69. The van der Waals surface area contributed by atoms with E-state index in [0.717, 1.165) is 11.6 Å². The van der Waals surface area contributed by atoms with E-state index in [2.05, 4.69) is 24.4 Å². The van der Waals surface area contributed by atoms with Crippen molar-refractivity contribution in [2.24, 2.45) is 0 Å². The lowest BCUT2D eigenvalue weighted by Gasteiger charge is -2.23. The standard InChI is InChI=1S/C13H18ClNO/c1-10(9-16-2)15-13(6-7-13)11-4-3-5-12(14)8-11/h3-5,8,10,15H,6-7,9H2,1-2H3. The highest BCUT2D eigenvalue weighted by molar-refractivity contribution is 6.30. The summed E-state index contributed by atoms with van der Waals surface area (Å²) in [5, 5.41) is 4.44. The normalized spacial score (nSPS) is 19.4. The predicted molar refractivity (Wildman–Crippen MR) is 66.8 cm³/mol. The highest BCUT2D eigenvalue weighted by Crippen LogP contribution is 2.46. The second-order valence-electron chi connectivity index (χ2n) is 4.59. The Hall–Kier alpha value is -0.570. The van der Waals surface area contributed by atoms with E-state index in [9.17, 15) is 0 Å². The number of benzene rings is 1. The number of hydrogen-bond acceptors (Lipinski definition) is 2. The molecule has 1 aromatic rings. The van der Waals surface area contributed by atoms with Crippen LogP contribution >= 0.6 is 11.6 Å². The van der Waals surface area contributed by atoms with Gasteiger partial charge in [-0.05, 0) is 37.5 Å². The number of rotatable bonds is 5. The molecule has 0 heterocycles. The number of nitrogens with one attached hydrogen (secondary N) is 1. The van der Waals surface area contributed by atoms with Crippen LogP contribution in [0.25, 0.3) is 0 Å². The second-order valence-corrected chi connectivity index (χ2v) is 5.03. The van der Waals surface area contributed by atoms with E-state index >= 15 is 0 Å². The zero-order valence-electron chi connectivity index (χ0n) is 9.79. The van der Waals surface area contributed by atoms with Gasteiger partial charge in [-0.25, -0.2) is 0 Å². The van der Waals surface area contributed by atoms with Crippen molar-refractivity contribution in [2.45, 2.75) is 31.3 Å². The molecule has 2 rings (SSSR count). The van der Waals surface area contributed by atoms with E-state index in [1.165, 1.54) is 18.4 Å². The summed E-state index contributed by atoms with van der Waals surface area (Å²) in [6.07, 6.45) is 2.36. The zero-order valence-corrected chi connectivity index (χ0v) is 10.6. The summed E-state index contributed by atoms with van der Waals surface area (Å²) in [7, 11) is 1.73. The lowest BCUT2D eigenvalue weighted by molar-refractivity contribution is 0.164. The molecule has 1 unspecified atom stereocenters. The predicted octanol–water partition coefficient (Wildman–Crippen LogP) is 2.95. The number of ether oxygens (including phenoxy) is 1. The minimum atomic E-state index is 0.142. The highest BCUT2D eigenvalue weighted by Gasteiger charge is 2.44. The van der Waals surface area contributed by atoms with Crippen LogP contribution in [0.4, 0.5) is 0 Å². The Morgan fingerprint density at radius 2 is 2.25 bits per heavy atom. The molecule has 1 atom stereocenters. The Bertz CT molecular complexity index is 363. The summed E-state index contributed by atoms with van der Waals surface area (Å²) in [6, 6.07) is 8.50. The van der Waals surface area contributed by atoms with E-state index in [4.69, 9.17) is 16.3 Å². The fraction of sp³-hybridized carbons (Fsp3) is 0.538. The molecule has 1 saturated carbocycles. The van der Waals surface area contributed by atoms with Crippen molar-refractivity contribution in [3.8, 4) is 0 Å². The third-order valence-electron chi connectivity index (χ3n) is 3.07. The van der Waals surface area contributed by atoms with Gasteiger partial charge in [-0.1, -0.05) is 23.7 Å². The number of halogens is 1. The molecule has 1 aliphatic carbocycles. The van der Waals surface area contributed by atoms with Crippen molar-refractivity contribution >= 4 is 11.6 Å². The fourth-order valence-corrected chi connectivity index (χ4v) is 2.38. The molecule has 0 aliphatic heterocycles. The van der Waals surface area contributed by atoms with Gasteiger partial charge < -0.3 is 10.1 Å². The lowest BCUT2D eigenvalue weighted by Crippen LogP contribution is -2.39. The molecule has 0 spiro atoms. The quantitative estimate of drug-likeness (QED) is 0.853. The lowest BCUT2D eigenvalue weighted by atomic mass is 10.0. The monoisotopic (exact) mass is 239 g/mol. The molecule has 16 heavy (non-hydrogen) atoms. The van der Waals surface area contributed by atoms with Crippen molar-refractivity contribution in [3.05, 3.63) is 34.9 Å². The molecule has 88 valence electrons. The van der Waals surface area contributed by atoms with Crippen molar-refractivity contribution in [3.63, 3.8) is 0 Å². The molecule has 1 N–H and O–H groups in total. The molecule has 1 fully saturated rings. The van der Waals surface area contributed by atoms with Crippen LogP contribution in [0.3, 0.4) is 0 Å². The van der Waals surface area contributed by atoms with Crippen LogP contribution in [0, 0.1) is 0 Å². The van der Waals surface area contributed by atoms with Gasteiger partial charge >= 0.3 is 0 Å². The molecular formula is C13H18ClNO. The summed E-state index contributed by atoms with van der Waals surface area (Å²) >= 11 is 6.02. The Kier molecular flexibility index (Phi) is 3.53. The topological polar surface area (TPSA) is 21.3 Å². The average Bonchev–Trinajstić information content (AvgIpc) is 2.99. The maximum absolute atomic E-state index is 6.02. The van der Waals surface area contributed by atoms with Crippen LogP contribution in [-0.2, 0) is 10.3 Å². The van der Waals surface area contributed by atoms with Crippen LogP contribution in [0.5, 0.6) is 0 Å². The summed E-state index contributed by atoms with van der Waals surface area (Å²) in [5.41, 5.74) is 1.44. The van der Waals surface area contributed by atoms with Crippen molar-refractivity contribution in [1.82, 2.24) is 5.32 Å². The Labute approximate surface area is 102 Å². The minimum absolute atomic E-state index is 0.142. The molecule has 0 amide bonds. The van der Waals surface area contributed by atoms with Crippen LogP contribution < -0.4 is 5.32 Å². The van der Waals surface area contributed by atoms with Gasteiger partial charge in [0.1, 0.15) is 0 Å². The number of hydrogen-bond donors (Lipinski definition) is 1. The highest BCUT2D eigenvalue weighted by atomic mass is 35.5. The zero-order chi connectivity index (χ0) is 11.6. The molecule has 1 aliphatic rings. The molecule has 0 saturated heterocycles. The third-order valence-corrected chi connectivity index (χ3v) is 3.30. The van der Waals surface area contributed by atoms with E-state index in [0.29, 0.717) is 6.04 Å². The molecule has 0 radical (unpaired) electrons. The largest absolute Gasteiger partial charge is 0.383 e. The van der Waals surface area contributed by atoms with E-state index < -0.39 is 0 Å². The van der Waals surface area contributed by atoms with Crippen LogP contribution in [0.2, 0.25) is 5.02 Å². The van der Waals surface area contributed by atoms with Gasteiger partial charge in [-0.15, -0.1) is 0 Å². The van der Waals surface area contributed by atoms with Gasteiger partial charge in [0, 0.05) is 23.7 Å². The molecule has 0 bridgehead atoms.